The van der Waals surface area contributed by atoms with Gasteiger partial charge in [-0.05, 0) is 61.8 Å². The summed E-state index contributed by atoms with van der Waals surface area (Å²) in [4.78, 5) is 54.7. The number of hydrogen-bond donors (Lipinski definition) is 6. The third-order valence-electron chi connectivity index (χ3n) is 9.39. The number of aromatic hydroxyl groups is 2. The van der Waals surface area contributed by atoms with E-state index in [4.69, 9.17) is 0 Å². The first-order valence-corrected chi connectivity index (χ1v) is 19.0. The minimum atomic E-state index is -1.61. The fourth-order valence-electron chi connectivity index (χ4n) is 6.51. The number of benzene rings is 2. The molecule has 0 fully saturated rings. The molecule has 6 N–H and O–H groups in total. The van der Waals surface area contributed by atoms with Gasteiger partial charge in [-0.25, -0.2) is 0 Å². The summed E-state index contributed by atoms with van der Waals surface area (Å²) >= 11 is 0. The van der Waals surface area contributed by atoms with Crippen molar-refractivity contribution in [3.63, 3.8) is 0 Å². The molecular weight excluding hydrogens is 632 g/mol. The van der Waals surface area contributed by atoms with Crippen LogP contribution in [0.2, 0.25) is 0 Å². The number of hydrazine groups is 2. The normalized spacial score (nSPS) is 11.2. The number of carbonyl (C=O) groups excluding carboxylic acids is 4. The van der Waals surface area contributed by atoms with E-state index in [-0.39, 0.29) is 35.5 Å². The van der Waals surface area contributed by atoms with Gasteiger partial charge in [0.05, 0.1) is 11.1 Å². The van der Waals surface area contributed by atoms with Crippen molar-refractivity contribution in [3.8, 4) is 11.5 Å². The molecule has 0 spiro atoms. The quantitative estimate of drug-likeness (QED) is 0.0392. The van der Waals surface area contributed by atoms with Crippen molar-refractivity contribution < 1.29 is 29.4 Å². The molecule has 2 aromatic rings. The van der Waals surface area contributed by atoms with Crippen LogP contribution >= 0.6 is 0 Å². The summed E-state index contributed by atoms with van der Waals surface area (Å²) in [6, 6.07) is 9.85. The van der Waals surface area contributed by atoms with E-state index in [1.807, 2.05) is 6.92 Å². The summed E-state index contributed by atoms with van der Waals surface area (Å²) in [5.41, 5.74) is 9.79. The maximum atomic E-state index is 14.0. The molecule has 2 aromatic carbocycles. The first-order chi connectivity index (χ1) is 24.2. The van der Waals surface area contributed by atoms with Crippen molar-refractivity contribution in [1.29, 1.82) is 0 Å². The highest BCUT2D eigenvalue weighted by Gasteiger charge is 2.45. The van der Waals surface area contributed by atoms with Crippen LogP contribution in [-0.2, 0) is 22.4 Å². The Hall–Kier alpha value is -4.08. The third kappa shape index (κ3) is 13.0. The van der Waals surface area contributed by atoms with Crippen molar-refractivity contribution in [2.75, 3.05) is 0 Å². The third-order valence-corrected chi connectivity index (χ3v) is 9.39. The number of phenolic OH excluding ortho intramolecular Hbond substituents is 2. The average Bonchev–Trinajstić information content (AvgIpc) is 3.10. The lowest BCUT2D eigenvalue weighted by atomic mass is 9.77. The first-order valence-electron chi connectivity index (χ1n) is 19.0. The van der Waals surface area contributed by atoms with Gasteiger partial charge in [0.2, 0.25) is 0 Å². The maximum absolute atomic E-state index is 14.0. The molecule has 0 aliphatic heterocycles. The highest BCUT2D eigenvalue weighted by molar-refractivity contribution is 6.07. The number of phenols is 2. The molecule has 10 nitrogen and oxygen atoms in total. The molecule has 0 aliphatic rings. The van der Waals surface area contributed by atoms with Crippen LogP contribution in [0.4, 0.5) is 0 Å². The highest BCUT2D eigenvalue weighted by atomic mass is 16.3. The minimum Gasteiger partial charge on any atom is -0.507 e. The average molecular weight is 695 g/mol. The van der Waals surface area contributed by atoms with Crippen LogP contribution in [0.25, 0.3) is 0 Å². The topological polar surface area (TPSA) is 157 Å². The van der Waals surface area contributed by atoms with E-state index < -0.39 is 29.0 Å². The standard InChI is InChI=1S/C40H62N4O6/c1-5-9-12-15-17-22-30-24-20-26-32(45)34(30)36(47)41-43-38(49)40(28-8-4,29-19-14-11-7-3)39(50)44-42-37(48)35-31(25-21-27-33(35)46)23-18-16-13-10-6-2/h20-21,24-27,45-46H,5-19,22-23,28-29H2,1-4H3,(H,41,47)(H,42,48)(H,43,49)(H,44,50). The number of rotatable bonds is 23. The van der Waals surface area contributed by atoms with Crippen LogP contribution in [0.15, 0.2) is 36.4 Å². The van der Waals surface area contributed by atoms with Crippen LogP contribution in [0.3, 0.4) is 0 Å². The largest absolute Gasteiger partial charge is 0.507 e. The van der Waals surface area contributed by atoms with Crippen LogP contribution in [-0.4, -0.2) is 33.8 Å². The zero-order valence-electron chi connectivity index (χ0n) is 30.9. The van der Waals surface area contributed by atoms with Gasteiger partial charge in [-0.15, -0.1) is 0 Å². The monoisotopic (exact) mass is 694 g/mol. The van der Waals surface area contributed by atoms with E-state index >= 15 is 0 Å². The molecule has 0 atom stereocenters. The van der Waals surface area contributed by atoms with Gasteiger partial charge in [0.15, 0.2) is 0 Å². The van der Waals surface area contributed by atoms with Gasteiger partial charge in [-0.2, -0.15) is 0 Å². The Morgan fingerprint density at radius 3 is 1.30 bits per heavy atom. The summed E-state index contributed by atoms with van der Waals surface area (Å²) in [5.74, 6) is -3.14. The van der Waals surface area contributed by atoms with Gasteiger partial charge in [0.25, 0.3) is 23.6 Å². The summed E-state index contributed by atoms with van der Waals surface area (Å²) in [6.45, 7) is 8.23. The number of amides is 4. The molecule has 4 amide bonds. The minimum absolute atomic E-state index is 0.0906. The molecule has 50 heavy (non-hydrogen) atoms. The molecule has 278 valence electrons. The molecule has 0 radical (unpaired) electrons. The van der Waals surface area contributed by atoms with E-state index in [9.17, 15) is 29.4 Å². The molecule has 2 rings (SSSR count). The van der Waals surface area contributed by atoms with E-state index in [2.05, 4.69) is 42.5 Å². The molecule has 0 aromatic heterocycles. The predicted octanol–water partition coefficient (Wildman–Crippen LogP) is 8.10. The van der Waals surface area contributed by atoms with Gasteiger partial charge < -0.3 is 10.2 Å². The number of unbranched alkanes of at least 4 members (excludes halogenated alkanes) is 11. The van der Waals surface area contributed by atoms with Gasteiger partial charge in [0, 0.05) is 0 Å². The van der Waals surface area contributed by atoms with Crippen molar-refractivity contribution in [3.05, 3.63) is 58.7 Å². The molecule has 0 unspecified atom stereocenters. The number of carbonyl (C=O) groups is 4. The van der Waals surface area contributed by atoms with E-state index in [0.29, 0.717) is 36.8 Å². The molecule has 10 heteroatoms. The number of nitrogens with one attached hydrogen (secondary N) is 4. The smallest absolute Gasteiger partial charge is 0.273 e. The summed E-state index contributed by atoms with van der Waals surface area (Å²) < 4.78 is 0. The van der Waals surface area contributed by atoms with Crippen molar-refractivity contribution in [1.82, 2.24) is 21.7 Å². The van der Waals surface area contributed by atoms with E-state index in [1.165, 1.54) is 12.1 Å². The predicted molar refractivity (Wildman–Crippen MR) is 198 cm³/mol. The molecule has 0 heterocycles. The second-order valence-corrected chi connectivity index (χ2v) is 13.4. The lowest BCUT2D eigenvalue weighted by molar-refractivity contribution is -0.146. The first kappa shape index (κ1) is 42.1. The Balaban J connectivity index is 2.23. The van der Waals surface area contributed by atoms with Crippen molar-refractivity contribution >= 4 is 23.6 Å². The van der Waals surface area contributed by atoms with Gasteiger partial charge in [0.1, 0.15) is 16.9 Å². The Kier molecular flexibility index (Phi) is 19.7. The van der Waals surface area contributed by atoms with E-state index in [1.54, 1.807) is 24.3 Å². The summed E-state index contributed by atoms with van der Waals surface area (Å²) in [6.07, 6.45) is 15.8. The lowest BCUT2D eigenvalue weighted by Gasteiger charge is -2.31. The Morgan fingerprint density at radius 1 is 0.500 bits per heavy atom. The van der Waals surface area contributed by atoms with Gasteiger partial charge in [-0.1, -0.05) is 135 Å². The maximum Gasteiger partial charge on any atom is 0.273 e. The summed E-state index contributed by atoms with van der Waals surface area (Å²) in [7, 11) is 0. The molecule has 0 bridgehead atoms. The van der Waals surface area contributed by atoms with E-state index in [0.717, 1.165) is 83.5 Å². The molecular formula is C40H62N4O6. The highest BCUT2D eigenvalue weighted by Crippen LogP contribution is 2.32. The SMILES string of the molecule is CCCCCCCc1cccc(O)c1C(=O)NNC(=O)C(CCC)(CCCCCC)C(=O)NNC(=O)c1c(O)cccc1CCCCCCC. The zero-order chi connectivity index (χ0) is 36.8. The fraction of sp³-hybridized carbons (Fsp3) is 0.600. The van der Waals surface area contributed by atoms with Crippen molar-refractivity contribution in [2.45, 2.75) is 150 Å². The van der Waals surface area contributed by atoms with Crippen molar-refractivity contribution in [2.24, 2.45) is 5.41 Å². The fourth-order valence-corrected chi connectivity index (χ4v) is 6.51. The number of aryl methyl sites for hydroxylation is 2. The Bertz CT molecular complexity index is 1270. The zero-order valence-corrected chi connectivity index (χ0v) is 30.9. The number of hydrogen-bond acceptors (Lipinski definition) is 6. The Labute approximate surface area is 299 Å². The van der Waals surface area contributed by atoms with Crippen LogP contribution in [0.5, 0.6) is 11.5 Å². The van der Waals surface area contributed by atoms with Crippen LogP contribution in [0.1, 0.15) is 169 Å². The molecule has 0 aliphatic carbocycles. The van der Waals surface area contributed by atoms with Crippen LogP contribution in [0, 0.1) is 5.41 Å². The summed E-state index contributed by atoms with van der Waals surface area (Å²) in [5, 5.41) is 21.2. The van der Waals surface area contributed by atoms with Gasteiger partial charge >= 0.3 is 0 Å². The second kappa shape index (κ2) is 23.3. The molecule has 0 saturated carbocycles. The Morgan fingerprint density at radius 2 is 0.900 bits per heavy atom. The van der Waals surface area contributed by atoms with Gasteiger partial charge in [-0.3, -0.25) is 40.9 Å². The van der Waals surface area contributed by atoms with Crippen LogP contribution < -0.4 is 21.7 Å². The second-order valence-electron chi connectivity index (χ2n) is 13.4. The lowest BCUT2D eigenvalue weighted by Crippen LogP contribution is -2.58. The molecule has 0 saturated heterocycles.